The molecule has 0 fully saturated rings. The van der Waals surface area contributed by atoms with Crippen molar-refractivity contribution in [2.24, 2.45) is 0 Å². The Balaban J connectivity index is 1.40. The molecule has 3 N–H and O–H groups in total. The van der Waals surface area contributed by atoms with Gasteiger partial charge in [0, 0.05) is 37.5 Å². The molecule has 76 heavy (non-hydrogen) atoms. The number of amides is 1. The fourth-order valence-corrected chi connectivity index (χ4v) is 9.51. The van der Waals surface area contributed by atoms with Crippen molar-refractivity contribution in [1.29, 1.82) is 0 Å². The highest BCUT2D eigenvalue weighted by Gasteiger charge is 2.32. The van der Waals surface area contributed by atoms with Crippen molar-refractivity contribution < 1.29 is 56.6 Å². The van der Waals surface area contributed by atoms with Crippen LogP contribution >= 0.6 is 7.82 Å². The molecule has 2 atom stereocenters. The number of Topliss-reactive ketones (excluding diaryl/α,β-unsaturated/α-hetero) is 1. The van der Waals surface area contributed by atoms with E-state index in [4.69, 9.17) is 33.7 Å². The third-order valence-corrected chi connectivity index (χ3v) is 14.2. The first kappa shape index (κ1) is 65.8. The van der Waals surface area contributed by atoms with Gasteiger partial charge in [0.2, 0.25) is 5.91 Å². The van der Waals surface area contributed by atoms with Crippen LogP contribution in [-0.2, 0) is 55.2 Å². The van der Waals surface area contributed by atoms with Crippen LogP contribution in [0.1, 0.15) is 228 Å². The number of allylic oxidation sites excluding steroid dienone is 4. The number of nitrogens with two attached hydrogens (primary N) is 1. The van der Waals surface area contributed by atoms with Crippen molar-refractivity contribution in [2.75, 3.05) is 50.8 Å². The van der Waals surface area contributed by atoms with Crippen molar-refractivity contribution in [2.45, 2.75) is 226 Å². The van der Waals surface area contributed by atoms with Gasteiger partial charge in [0.1, 0.15) is 24.8 Å². The van der Waals surface area contributed by atoms with E-state index in [1.807, 2.05) is 0 Å². The summed E-state index contributed by atoms with van der Waals surface area (Å²) in [6.07, 6.45) is 38.2. The van der Waals surface area contributed by atoms with Gasteiger partial charge in [0.25, 0.3) is 0 Å². The van der Waals surface area contributed by atoms with Gasteiger partial charge >= 0.3 is 25.8 Å². The highest BCUT2D eigenvalue weighted by molar-refractivity contribution is 7.47. The normalized spacial score (nSPS) is 13.6. The van der Waals surface area contributed by atoms with Crippen LogP contribution in [0.15, 0.2) is 48.6 Å². The second kappa shape index (κ2) is 41.6. The van der Waals surface area contributed by atoms with Gasteiger partial charge in [-0.2, -0.15) is 9.97 Å². The number of unbranched alkanes of at least 4 members (excludes halogenated alkanes) is 22. The number of carbonyl (C=O) groups excluding carboxylic acids is 4. The Morgan fingerprint density at radius 2 is 1.18 bits per heavy atom. The molecule has 1 aromatic carbocycles. The molecule has 2 heterocycles. The predicted octanol–water partition coefficient (Wildman–Crippen LogP) is 13.8. The summed E-state index contributed by atoms with van der Waals surface area (Å²) in [5, 5.41) is 0. The number of hydrogen-bond acceptors (Lipinski definition) is 14. The zero-order valence-electron chi connectivity index (χ0n) is 46.7. The zero-order chi connectivity index (χ0) is 54.9. The first-order valence-corrected chi connectivity index (χ1v) is 30.4. The van der Waals surface area contributed by atoms with Gasteiger partial charge in [-0.3, -0.25) is 33.1 Å². The molecular formula is C59H95N4O12P. The van der Waals surface area contributed by atoms with Gasteiger partial charge in [0.15, 0.2) is 11.9 Å². The molecule has 16 nitrogen and oxygen atoms in total. The second-order valence-electron chi connectivity index (χ2n) is 20.0. The van der Waals surface area contributed by atoms with Crippen LogP contribution in [0.5, 0.6) is 6.01 Å². The average molecular weight is 1080 g/mol. The van der Waals surface area contributed by atoms with E-state index in [1.54, 1.807) is 31.4 Å². The quantitative estimate of drug-likeness (QED) is 0.0207. The summed E-state index contributed by atoms with van der Waals surface area (Å²) in [7, 11) is -3.10. The summed E-state index contributed by atoms with van der Waals surface area (Å²) in [4.78, 5) is 72.3. The maximum absolute atomic E-state index is 13.1. The summed E-state index contributed by atoms with van der Waals surface area (Å²) in [6, 6.07) is 6.83. The molecular weight excluding hydrogens is 988 g/mol. The summed E-state index contributed by atoms with van der Waals surface area (Å²) in [5.74, 6) is -0.814. The number of phosphoric ester groups is 1. The number of aromatic nitrogens is 2. The molecule has 1 amide bonds. The molecule has 428 valence electrons. The Hall–Kier alpha value is -4.47. The van der Waals surface area contributed by atoms with Crippen LogP contribution < -0.4 is 15.4 Å². The molecule has 0 saturated heterocycles. The fraction of sp³-hybridized carbons (Fsp3) is 0.695. The highest BCUT2D eigenvalue weighted by atomic mass is 31.2. The number of fused-ring (bicyclic) bond motifs is 1. The standard InChI is InChI=1S/C59H95N4O12P/c1-4-6-8-10-12-14-16-18-20-22-24-26-28-30-32-36-55(66)72-47-51(75-56(67)37-33-31-29-27-25-23-21-19-17-15-13-11-9-7-5-2)48-74-76(68,69)73-42-34-35-53(64)50-40-38-49(39-41-50)46-63-54(65)45-52-57(60)61-59(62-58(52)63)71-44-43-70-3/h18-21,38-41,51H,4-17,22-37,42-48H2,1-3H3,(H,68,69)(H2,60,61,62)/b20-18-,21-19+. The van der Waals surface area contributed by atoms with Gasteiger partial charge in [-0.1, -0.05) is 165 Å². The number of hydrogen-bond donors (Lipinski definition) is 2. The Morgan fingerprint density at radius 3 is 1.74 bits per heavy atom. The first-order valence-electron chi connectivity index (χ1n) is 28.9. The van der Waals surface area contributed by atoms with E-state index in [0.717, 1.165) is 82.6 Å². The molecule has 17 heteroatoms. The lowest BCUT2D eigenvalue weighted by Crippen LogP contribution is -2.29. The van der Waals surface area contributed by atoms with Crippen LogP contribution in [0.2, 0.25) is 0 Å². The smallest absolute Gasteiger partial charge is 0.462 e. The van der Waals surface area contributed by atoms with E-state index in [-0.39, 0.29) is 82.0 Å². The number of benzene rings is 1. The van der Waals surface area contributed by atoms with Gasteiger partial charge in [0.05, 0.1) is 32.8 Å². The van der Waals surface area contributed by atoms with Crippen molar-refractivity contribution >= 4 is 43.1 Å². The molecule has 3 rings (SSSR count). The minimum atomic E-state index is -4.65. The van der Waals surface area contributed by atoms with Crippen molar-refractivity contribution in [3.8, 4) is 6.01 Å². The van der Waals surface area contributed by atoms with E-state index in [1.165, 1.54) is 81.9 Å². The summed E-state index contributed by atoms with van der Waals surface area (Å²) in [6.45, 7) is 4.09. The molecule has 1 aliphatic rings. The number of methoxy groups -OCH3 is 1. The number of rotatable bonds is 48. The number of ketones is 1. The third-order valence-electron chi connectivity index (χ3n) is 13.3. The van der Waals surface area contributed by atoms with Crippen molar-refractivity contribution in [3.05, 3.63) is 65.3 Å². The molecule has 0 aliphatic carbocycles. The summed E-state index contributed by atoms with van der Waals surface area (Å²) in [5.41, 5.74) is 7.81. The maximum atomic E-state index is 13.1. The minimum absolute atomic E-state index is 0.0165. The lowest BCUT2D eigenvalue weighted by Gasteiger charge is -2.20. The van der Waals surface area contributed by atoms with Crippen LogP contribution in [-0.4, -0.2) is 84.7 Å². The Morgan fingerprint density at radius 1 is 0.658 bits per heavy atom. The molecule has 2 aromatic rings. The fourth-order valence-electron chi connectivity index (χ4n) is 8.72. The van der Waals surface area contributed by atoms with E-state index in [0.29, 0.717) is 36.4 Å². The number of esters is 2. The third kappa shape index (κ3) is 30.5. The van der Waals surface area contributed by atoms with Crippen LogP contribution in [0.25, 0.3) is 0 Å². The van der Waals surface area contributed by atoms with Gasteiger partial charge in [-0.05, 0) is 76.2 Å². The molecule has 0 saturated carbocycles. The molecule has 1 aromatic heterocycles. The average Bonchev–Trinajstić information content (AvgIpc) is 3.74. The monoisotopic (exact) mass is 1080 g/mol. The number of anilines is 2. The zero-order valence-corrected chi connectivity index (χ0v) is 47.6. The van der Waals surface area contributed by atoms with E-state index in [2.05, 4.69) is 48.1 Å². The SMILES string of the molecule is CCCCCCCC/C=C\CCCCCCCC(=O)OCC(COP(=O)(O)OCCCC(=O)c1ccc(CN2C(=O)Cc3c(N)nc(OCCOC)nc32)cc1)OC(=O)CCCCCCC/C=C/CCCCCCCC. The van der Waals surface area contributed by atoms with Crippen molar-refractivity contribution in [1.82, 2.24) is 9.97 Å². The number of phosphoric acid groups is 1. The summed E-state index contributed by atoms with van der Waals surface area (Å²) < 4.78 is 45.0. The number of ether oxygens (including phenoxy) is 4. The molecule has 0 spiro atoms. The van der Waals surface area contributed by atoms with E-state index in [9.17, 15) is 28.6 Å². The predicted molar refractivity (Wildman–Crippen MR) is 300 cm³/mol. The molecule has 0 bridgehead atoms. The second-order valence-corrected chi connectivity index (χ2v) is 21.4. The van der Waals surface area contributed by atoms with Gasteiger partial charge < -0.3 is 29.6 Å². The van der Waals surface area contributed by atoms with Crippen LogP contribution in [0.4, 0.5) is 11.6 Å². The summed E-state index contributed by atoms with van der Waals surface area (Å²) >= 11 is 0. The molecule has 1 aliphatic heterocycles. The maximum Gasteiger partial charge on any atom is 0.472 e. The first-order chi connectivity index (χ1) is 37.0. The van der Waals surface area contributed by atoms with E-state index < -0.39 is 32.5 Å². The van der Waals surface area contributed by atoms with E-state index >= 15 is 0 Å². The highest BCUT2D eigenvalue weighted by Crippen LogP contribution is 2.43. The van der Waals surface area contributed by atoms with Gasteiger partial charge in [-0.25, -0.2) is 4.57 Å². The van der Waals surface area contributed by atoms with Crippen molar-refractivity contribution in [3.63, 3.8) is 0 Å². The number of carbonyl (C=O) groups is 4. The molecule has 2 unspecified atom stereocenters. The van der Waals surface area contributed by atoms with Gasteiger partial charge in [-0.15, -0.1) is 0 Å². The lowest BCUT2D eigenvalue weighted by atomic mass is 10.0. The Kier molecular flexibility index (Phi) is 36.0. The minimum Gasteiger partial charge on any atom is -0.462 e. The lowest BCUT2D eigenvalue weighted by molar-refractivity contribution is -0.161. The number of nitrogens with zero attached hydrogens (tertiary/aromatic N) is 3. The topological polar surface area (TPSA) is 216 Å². The Bertz CT molecular complexity index is 2030. The molecule has 0 radical (unpaired) electrons. The Labute approximate surface area is 455 Å². The largest absolute Gasteiger partial charge is 0.472 e. The van der Waals surface area contributed by atoms with Crippen LogP contribution in [0.3, 0.4) is 0 Å². The number of nitrogen functional groups attached to an aromatic ring is 1. The van der Waals surface area contributed by atoms with Crippen LogP contribution in [0, 0.1) is 0 Å².